The molecule has 0 radical (unpaired) electrons. The van der Waals surface area contributed by atoms with E-state index in [1.807, 2.05) is 47.5 Å². The molecule has 6 heteroatoms. The van der Waals surface area contributed by atoms with Crippen molar-refractivity contribution in [1.82, 2.24) is 19.7 Å². The van der Waals surface area contributed by atoms with Crippen molar-refractivity contribution in [2.75, 3.05) is 39.3 Å². The Morgan fingerprint density at radius 2 is 1.46 bits per heavy atom. The molecule has 5 rings (SSSR count). The summed E-state index contributed by atoms with van der Waals surface area (Å²) in [6.07, 6.45) is 4.11. The van der Waals surface area contributed by atoms with Gasteiger partial charge in [0.25, 0.3) is 5.91 Å². The van der Waals surface area contributed by atoms with E-state index < -0.39 is 0 Å². The standard InChI is InChI=1S/C29H34N4O2/c34-29(33-20-18-32(19-21-33)23-26-8-4-5-15-30-26)25-9-11-27(12-10-25)35-28-13-16-31(17-14-28)22-24-6-2-1-3-7-24/h1-12,15,28H,13-14,16-23H2. The van der Waals surface area contributed by atoms with Crippen LogP contribution in [0.15, 0.2) is 79.0 Å². The first-order chi connectivity index (χ1) is 17.2. The lowest BCUT2D eigenvalue weighted by atomic mass is 10.1. The fourth-order valence-corrected chi connectivity index (χ4v) is 4.91. The summed E-state index contributed by atoms with van der Waals surface area (Å²) in [6, 6.07) is 24.3. The molecule has 1 amide bonds. The molecule has 35 heavy (non-hydrogen) atoms. The van der Waals surface area contributed by atoms with E-state index in [0.717, 1.165) is 82.2 Å². The molecule has 0 aliphatic carbocycles. The summed E-state index contributed by atoms with van der Waals surface area (Å²) in [5.41, 5.74) is 3.17. The summed E-state index contributed by atoms with van der Waals surface area (Å²) < 4.78 is 6.24. The van der Waals surface area contributed by atoms with Crippen molar-refractivity contribution in [2.24, 2.45) is 0 Å². The summed E-state index contributed by atoms with van der Waals surface area (Å²) in [6.45, 7) is 7.14. The molecular formula is C29H34N4O2. The minimum absolute atomic E-state index is 0.100. The average Bonchev–Trinajstić information content (AvgIpc) is 2.91. The number of pyridine rings is 1. The topological polar surface area (TPSA) is 48.9 Å². The zero-order valence-electron chi connectivity index (χ0n) is 20.3. The van der Waals surface area contributed by atoms with E-state index >= 15 is 0 Å². The van der Waals surface area contributed by atoms with Gasteiger partial charge >= 0.3 is 0 Å². The highest BCUT2D eigenvalue weighted by Crippen LogP contribution is 2.21. The Hall–Kier alpha value is -3.22. The quantitative estimate of drug-likeness (QED) is 0.521. The van der Waals surface area contributed by atoms with Crippen molar-refractivity contribution in [2.45, 2.75) is 32.0 Å². The van der Waals surface area contributed by atoms with Crippen molar-refractivity contribution in [3.05, 3.63) is 95.8 Å². The number of benzene rings is 2. The molecule has 2 aromatic carbocycles. The third-order valence-electron chi connectivity index (χ3n) is 6.96. The highest BCUT2D eigenvalue weighted by molar-refractivity contribution is 5.94. The van der Waals surface area contributed by atoms with E-state index in [4.69, 9.17) is 4.74 Å². The van der Waals surface area contributed by atoms with Crippen molar-refractivity contribution < 1.29 is 9.53 Å². The van der Waals surface area contributed by atoms with Crippen LogP contribution >= 0.6 is 0 Å². The normalized spacial score (nSPS) is 17.9. The summed E-state index contributed by atoms with van der Waals surface area (Å²) in [5.74, 6) is 0.950. The van der Waals surface area contributed by atoms with Crippen molar-refractivity contribution in [3.63, 3.8) is 0 Å². The first-order valence-electron chi connectivity index (χ1n) is 12.7. The molecule has 2 aliphatic heterocycles. The lowest BCUT2D eigenvalue weighted by molar-refractivity contribution is 0.0627. The predicted octanol–water partition coefficient (Wildman–Crippen LogP) is 4.08. The lowest BCUT2D eigenvalue weighted by Crippen LogP contribution is -2.48. The molecule has 0 N–H and O–H groups in total. The Morgan fingerprint density at radius 3 is 2.14 bits per heavy atom. The van der Waals surface area contributed by atoms with Gasteiger partial charge in [-0.15, -0.1) is 0 Å². The van der Waals surface area contributed by atoms with Gasteiger partial charge in [0.1, 0.15) is 11.9 Å². The van der Waals surface area contributed by atoms with Crippen LogP contribution in [-0.2, 0) is 13.1 Å². The van der Waals surface area contributed by atoms with Gasteiger partial charge in [-0.2, -0.15) is 0 Å². The number of piperazine rings is 1. The smallest absolute Gasteiger partial charge is 0.253 e. The molecule has 3 heterocycles. The second-order valence-electron chi connectivity index (χ2n) is 9.49. The fraction of sp³-hybridized carbons (Fsp3) is 0.379. The number of piperidine rings is 1. The van der Waals surface area contributed by atoms with Crippen LogP contribution in [0.1, 0.15) is 34.5 Å². The monoisotopic (exact) mass is 470 g/mol. The maximum Gasteiger partial charge on any atom is 0.253 e. The van der Waals surface area contributed by atoms with Crippen LogP contribution < -0.4 is 4.74 Å². The predicted molar refractivity (Wildman–Crippen MR) is 137 cm³/mol. The van der Waals surface area contributed by atoms with E-state index in [2.05, 4.69) is 51.2 Å². The van der Waals surface area contributed by atoms with E-state index in [-0.39, 0.29) is 12.0 Å². The Balaban J connectivity index is 1.06. The summed E-state index contributed by atoms with van der Waals surface area (Å²) in [5, 5.41) is 0. The number of hydrogen-bond acceptors (Lipinski definition) is 5. The van der Waals surface area contributed by atoms with Gasteiger partial charge in [-0.3, -0.25) is 19.6 Å². The first-order valence-corrected chi connectivity index (χ1v) is 12.7. The maximum atomic E-state index is 13.0. The molecule has 1 aromatic heterocycles. The van der Waals surface area contributed by atoms with Gasteiger partial charge in [0.05, 0.1) is 5.69 Å². The van der Waals surface area contributed by atoms with Gasteiger partial charge in [0.2, 0.25) is 0 Å². The Morgan fingerprint density at radius 1 is 0.771 bits per heavy atom. The molecule has 2 fully saturated rings. The molecule has 0 atom stereocenters. The van der Waals surface area contributed by atoms with Crippen LogP contribution in [0.5, 0.6) is 5.75 Å². The number of amides is 1. The average molecular weight is 471 g/mol. The van der Waals surface area contributed by atoms with Gasteiger partial charge in [-0.1, -0.05) is 36.4 Å². The van der Waals surface area contributed by atoms with E-state index in [9.17, 15) is 4.79 Å². The SMILES string of the molecule is O=C(c1ccc(OC2CCN(Cc3ccccc3)CC2)cc1)N1CCN(Cc2ccccn2)CC1. The lowest BCUT2D eigenvalue weighted by Gasteiger charge is -2.34. The summed E-state index contributed by atoms with van der Waals surface area (Å²) >= 11 is 0. The molecular weight excluding hydrogens is 436 g/mol. The Bertz CT molecular complexity index is 1060. The van der Waals surface area contributed by atoms with Crippen LogP contribution in [-0.4, -0.2) is 71.0 Å². The number of rotatable bonds is 7. The van der Waals surface area contributed by atoms with Crippen LogP contribution in [0.2, 0.25) is 0 Å². The second-order valence-corrected chi connectivity index (χ2v) is 9.49. The minimum Gasteiger partial charge on any atom is -0.490 e. The Kier molecular flexibility index (Phi) is 7.71. The number of likely N-dealkylation sites (tertiary alicyclic amines) is 1. The van der Waals surface area contributed by atoms with E-state index in [0.29, 0.717) is 0 Å². The first kappa shape index (κ1) is 23.5. The van der Waals surface area contributed by atoms with Crippen LogP contribution in [0.4, 0.5) is 0 Å². The molecule has 0 spiro atoms. The van der Waals surface area contributed by atoms with Crippen LogP contribution in [0.3, 0.4) is 0 Å². The van der Waals surface area contributed by atoms with Gasteiger partial charge in [0.15, 0.2) is 0 Å². The molecule has 3 aromatic rings. The minimum atomic E-state index is 0.100. The number of ether oxygens (including phenoxy) is 1. The number of aromatic nitrogens is 1. The fourth-order valence-electron chi connectivity index (χ4n) is 4.91. The number of nitrogens with zero attached hydrogens (tertiary/aromatic N) is 4. The molecule has 0 bridgehead atoms. The third kappa shape index (κ3) is 6.47. The summed E-state index contributed by atoms with van der Waals surface area (Å²) in [4.78, 5) is 24.2. The highest BCUT2D eigenvalue weighted by Gasteiger charge is 2.23. The largest absolute Gasteiger partial charge is 0.490 e. The zero-order chi connectivity index (χ0) is 23.9. The molecule has 2 aliphatic rings. The maximum absolute atomic E-state index is 13.0. The molecule has 6 nitrogen and oxygen atoms in total. The van der Waals surface area contributed by atoms with Crippen molar-refractivity contribution >= 4 is 5.91 Å². The molecule has 0 saturated carbocycles. The molecule has 0 unspecified atom stereocenters. The third-order valence-corrected chi connectivity index (χ3v) is 6.96. The second kappa shape index (κ2) is 11.5. The van der Waals surface area contributed by atoms with Crippen molar-refractivity contribution in [3.8, 4) is 5.75 Å². The van der Waals surface area contributed by atoms with E-state index in [1.165, 1.54) is 5.56 Å². The van der Waals surface area contributed by atoms with E-state index in [1.54, 1.807) is 0 Å². The summed E-state index contributed by atoms with van der Waals surface area (Å²) in [7, 11) is 0. The van der Waals surface area contributed by atoms with Crippen LogP contribution in [0, 0.1) is 0 Å². The van der Waals surface area contributed by atoms with Gasteiger partial charge in [-0.05, 0) is 54.8 Å². The molecule has 182 valence electrons. The van der Waals surface area contributed by atoms with Gasteiger partial charge in [0, 0.05) is 64.1 Å². The van der Waals surface area contributed by atoms with Crippen LogP contribution in [0.25, 0.3) is 0 Å². The molecule has 2 saturated heterocycles. The van der Waals surface area contributed by atoms with Crippen molar-refractivity contribution in [1.29, 1.82) is 0 Å². The number of carbonyl (C=O) groups excluding carboxylic acids is 1. The van der Waals surface area contributed by atoms with Gasteiger partial charge in [-0.25, -0.2) is 0 Å². The Labute approximate surface area is 208 Å². The highest BCUT2D eigenvalue weighted by atomic mass is 16.5. The zero-order valence-corrected chi connectivity index (χ0v) is 20.3. The number of hydrogen-bond donors (Lipinski definition) is 0. The number of carbonyl (C=O) groups is 1. The van der Waals surface area contributed by atoms with Gasteiger partial charge < -0.3 is 9.64 Å².